The highest BCUT2D eigenvalue weighted by Gasteiger charge is 2.23. The van der Waals surface area contributed by atoms with Gasteiger partial charge in [-0.3, -0.25) is 9.59 Å². The Labute approximate surface area is 348 Å². The molecule has 0 bridgehead atoms. The molecule has 8 rings (SSSR count). The van der Waals surface area contributed by atoms with Crippen LogP contribution in [0.25, 0.3) is 33.7 Å². The van der Waals surface area contributed by atoms with E-state index < -0.39 is 9.84 Å². The topological polar surface area (TPSA) is 265 Å². The molecule has 2 fully saturated rings. The summed E-state index contributed by atoms with van der Waals surface area (Å²) in [6.07, 6.45) is 12.0. The number of likely N-dealkylation sites (N-methyl/N-ethyl adjacent to an activating group) is 1. The van der Waals surface area contributed by atoms with Gasteiger partial charge in [-0.2, -0.15) is 19.3 Å². The predicted molar refractivity (Wildman–Crippen MR) is 226 cm³/mol. The minimum atomic E-state index is -3.45. The SMILES string of the molecule is CNCC(=O)NC1CCC(N)CC1.COCC(=O)NC1CCC(Nc2nccc(-n3nnc4ccccc43)n2)CC1.CS(=O)(=O)c1nccc(-n2nnc3ccccc32)n1.[2HH]. The molecule has 6 aromatic rings. The molecular formula is C39H53N15O5S. The number of hydrogen-bond donors (Lipinski definition) is 5. The normalized spacial score (nSPS) is 19.0. The largest absolute Gasteiger partial charge is 0.375 e. The molecule has 0 saturated heterocycles. The fourth-order valence-corrected chi connectivity index (χ4v) is 7.42. The van der Waals surface area contributed by atoms with Gasteiger partial charge in [-0.05, 0) is 82.7 Å². The molecule has 21 heteroatoms. The number of benzene rings is 2. The number of aromatic nitrogens is 10. The highest BCUT2D eigenvalue weighted by molar-refractivity contribution is 7.90. The summed E-state index contributed by atoms with van der Waals surface area (Å²) in [5.41, 5.74) is 8.95. The predicted octanol–water partition coefficient (Wildman–Crippen LogP) is 2.15. The van der Waals surface area contributed by atoms with Crippen molar-refractivity contribution in [1.29, 1.82) is 0 Å². The third kappa shape index (κ3) is 12.0. The van der Waals surface area contributed by atoms with Gasteiger partial charge < -0.3 is 31.7 Å². The summed E-state index contributed by atoms with van der Waals surface area (Å²) >= 11 is 0. The molecule has 4 aromatic heterocycles. The van der Waals surface area contributed by atoms with Gasteiger partial charge in [0.15, 0.2) is 11.6 Å². The first-order chi connectivity index (χ1) is 29.0. The standard InChI is InChI=1S/C19H23N7O2.C11H9N5O2S.C9H19N3O.H2/c1-28-12-18(27)21-13-6-8-14(9-7-13)22-19-20-11-10-17(23-19)26-16-5-3-2-4-15(16)24-25-26;1-19(17,18)11-12-7-6-10(13-11)16-9-5-3-2-4-8(9)14-15-16;1-11-6-9(13)12-8-4-2-7(10)3-5-8;/h2-5,10-11,13-14H,6-9,12H2,1H3,(H,21,27)(H,20,22,23);2-7H,1H3;7-8,11H,2-6,10H2,1H3,(H,12,13);1H/i;;;1+1. The highest BCUT2D eigenvalue weighted by atomic mass is 32.2. The molecule has 2 aromatic carbocycles. The number of ether oxygens (including phenoxy) is 1. The van der Waals surface area contributed by atoms with Crippen LogP contribution in [0.15, 0.2) is 78.2 Å². The smallest absolute Gasteiger partial charge is 0.248 e. The maximum absolute atomic E-state index is 11.6. The molecule has 320 valence electrons. The Hall–Kier alpha value is -6.03. The van der Waals surface area contributed by atoms with Crippen LogP contribution in [0.1, 0.15) is 52.8 Å². The number of rotatable bonds is 11. The summed E-state index contributed by atoms with van der Waals surface area (Å²) in [6, 6.07) is 19.7. The molecule has 2 aliphatic carbocycles. The van der Waals surface area contributed by atoms with Crippen LogP contribution in [-0.2, 0) is 24.2 Å². The van der Waals surface area contributed by atoms with E-state index in [2.05, 4.69) is 61.8 Å². The molecule has 0 radical (unpaired) electrons. The number of hydrogen-bond acceptors (Lipinski definition) is 16. The first kappa shape index (κ1) is 43.5. The minimum absolute atomic E-state index is 0. The Morgan fingerprint density at radius 3 is 1.83 bits per heavy atom. The van der Waals surface area contributed by atoms with Crippen LogP contribution < -0.4 is 27.0 Å². The van der Waals surface area contributed by atoms with Crippen molar-refractivity contribution >= 4 is 49.7 Å². The van der Waals surface area contributed by atoms with Crippen LogP contribution >= 0.6 is 0 Å². The van der Waals surface area contributed by atoms with E-state index in [9.17, 15) is 18.0 Å². The first-order valence-corrected chi connectivity index (χ1v) is 21.6. The van der Waals surface area contributed by atoms with Gasteiger partial charge >= 0.3 is 0 Å². The lowest BCUT2D eigenvalue weighted by atomic mass is 9.91. The monoisotopic (exact) mass is 844 g/mol. The Balaban J connectivity index is 0.000000185. The van der Waals surface area contributed by atoms with E-state index in [0.717, 1.165) is 74.2 Å². The molecule has 2 saturated carbocycles. The van der Waals surface area contributed by atoms with E-state index >= 15 is 0 Å². The third-order valence-corrected chi connectivity index (χ3v) is 10.8. The number of carbonyl (C=O) groups excluding carboxylic acids is 2. The number of nitrogens with one attached hydrogen (secondary N) is 4. The zero-order valence-electron chi connectivity index (χ0n) is 33.8. The van der Waals surface area contributed by atoms with Crippen LogP contribution in [0.3, 0.4) is 0 Å². The van der Waals surface area contributed by atoms with Crippen molar-refractivity contribution in [2.45, 2.75) is 80.7 Å². The average Bonchev–Trinajstić information content (AvgIpc) is 3.88. The van der Waals surface area contributed by atoms with Crippen LogP contribution in [0.2, 0.25) is 0 Å². The summed E-state index contributed by atoms with van der Waals surface area (Å²) in [4.78, 5) is 39.5. The second-order valence-electron chi connectivity index (χ2n) is 14.6. The average molecular weight is 845 g/mol. The van der Waals surface area contributed by atoms with Gasteiger partial charge in [0.05, 0.1) is 17.6 Å². The van der Waals surface area contributed by atoms with Gasteiger partial charge in [-0.15, -0.1) is 10.2 Å². The maximum Gasteiger partial charge on any atom is 0.248 e. The number of amides is 2. The third-order valence-electron chi connectivity index (χ3n) is 9.90. The number of methoxy groups -OCH3 is 1. The van der Waals surface area contributed by atoms with E-state index in [1.165, 1.54) is 18.0 Å². The van der Waals surface area contributed by atoms with Gasteiger partial charge in [0.1, 0.15) is 17.6 Å². The molecule has 0 atom stereocenters. The molecule has 2 aliphatic rings. The van der Waals surface area contributed by atoms with Gasteiger partial charge in [0, 0.05) is 63.5 Å². The Kier molecular flexibility index (Phi) is 15.1. The molecule has 0 unspecified atom stereocenters. The number of carbonyl (C=O) groups is 2. The molecule has 20 nitrogen and oxygen atoms in total. The van der Waals surface area contributed by atoms with Crippen molar-refractivity contribution in [2.75, 3.05) is 38.9 Å². The quantitative estimate of drug-likeness (QED) is 0.117. The number of nitrogens with zero attached hydrogens (tertiary/aromatic N) is 10. The molecule has 60 heavy (non-hydrogen) atoms. The molecule has 0 aliphatic heterocycles. The second kappa shape index (κ2) is 20.8. The van der Waals surface area contributed by atoms with Crippen molar-refractivity contribution in [1.82, 2.24) is 65.9 Å². The van der Waals surface area contributed by atoms with Crippen molar-refractivity contribution in [3.05, 3.63) is 73.1 Å². The van der Waals surface area contributed by atoms with Crippen molar-refractivity contribution in [3.8, 4) is 11.6 Å². The zero-order valence-corrected chi connectivity index (χ0v) is 34.6. The van der Waals surface area contributed by atoms with Gasteiger partial charge in [-0.1, -0.05) is 34.7 Å². The number of sulfone groups is 1. The molecular weight excluding hydrogens is 791 g/mol. The van der Waals surface area contributed by atoms with E-state index in [4.69, 9.17) is 10.5 Å². The lowest BCUT2D eigenvalue weighted by Crippen LogP contribution is -2.43. The fourth-order valence-electron chi connectivity index (χ4n) is 6.91. The van der Waals surface area contributed by atoms with E-state index in [1.807, 2.05) is 54.6 Å². The van der Waals surface area contributed by atoms with Crippen molar-refractivity contribution in [3.63, 3.8) is 0 Å². The summed E-state index contributed by atoms with van der Waals surface area (Å²) in [5, 5.41) is 28.3. The molecule has 0 spiro atoms. The fraction of sp³-hybridized carbons (Fsp3) is 0.436. The number of anilines is 1. The number of para-hydroxylation sites is 2. The minimum Gasteiger partial charge on any atom is -0.375 e. The second-order valence-corrected chi connectivity index (χ2v) is 16.5. The lowest BCUT2D eigenvalue weighted by Gasteiger charge is -2.29. The van der Waals surface area contributed by atoms with Crippen LogP contribution in [-0.4, -0.2) is 128 Å². The van der Waals surface area contributed by atoms with E-state index in [-0.39, 0.29) is 37.1 Å². The van der Waals surface area contributed by atoms with Gasteiger partial charge in [0.25, 0.3) is 0 Å². The number of fused-ring (bicyclic) bond motifs is 2. The van der Waals surface area contributed by atoms with Crippen LogP contribution in [0.4, 0.5) is 5.95 Å². The Bertz CT molecular complexity index is 2450. The van der Waals surface area contributed by atoms with Gasteiger partial charge in [0.2, 0.25) is 32.8 Å². The highest BCUT2D eigenvalue weighted by Crippen LogP contribution is 2.22. The van der Waals surface area contributed by atoms with Crippen LogP contribution in [0.5, 0.6) is 0 Å². The van der Waals surface area contributed by atoms with Gasteiger partial charge in [-0.25, -0.2) is 18.4 Å². The Morgan fingerprint density at radius 2 is 1.27 bits per heavy atom. The van der Waals surface area contributed by atoms with Crippen LogP contribution in [0, 0.1) is 0 Å². The zero-order chi connectivity index (χ0) is 42.5. The summed E-state index contributed by atoms with van der Waals surface area (Å²) in [7, 11) is -0.155. The van der Waals surface area contributed by atoms with Crippen molar-refractivity contribution < 1.29 is 24.2 Å². The summed E-state index contributed by atoms with van der Waals surface area (Å²) in [6.45, 7) is 0.512. The Morgan fingerprint density at radius 1 is 0.750 bits per heavy atom. The first-order valence-electron chi connectivity index (χ1n) is 19.7. The van der Waals surface area contributed by atoms with Crippen molar-refractivity contribution in [2.24, 2.45) is 5.73 Å². The lowest BCUT2D eigenvalue weighted by molar-refractivity contribution is -0.125. The molecule has 6 N–H and O–H groups in total. The molecule has 4 heterocycles. The number of nitrogens with two attached hydrogens (primary N) is 1. The summed E-state index contributed by atoms with van der Waals surface area (Å²) < 4.78 is 30.9. The molecule has 2 amide bonds. The van der Waals surface area contributed by atoms with E-state index in [1.54, 1.807) is 24.0 Å². The maximum atomic E-state index is 11.6. The van der Waals surface area contributed by atoms with E-state index in [0.29, 0.717) is 41.7 Å². The summed E-state index contributed by atoms with van der Waals surface area (Å²) in [5.74, 6) is 1.64.